The fraction of sp³-hybridized carbons (Fsp3) is 0.0625. The summed E-state index contributed by atoms with van der Waals surface area (Å²) >= 11 is -0.556. The van der Waals surface area contributed by atoms with Crippen LogP contribution >= 0.6 is 18.6 Å². The zero-order chi connectivity index (χ0) is 25.2. The van der Waals surface area contributed by atoms with E-state index in [-0.39, 0.29) is 0 Å². The molecule has 0 heterocycles. The summed E-state index contributed by atoms with van der Waals surface area (Å²) in [4.78, 5) is 0. The van der Waals surface area contributed by atoms with Gasteiger partial charge in [-0.05, 0) is 22.3 Å². The Hall–Kier alpha value is -2.65. The smallest absolute Gasteiger partial charge is 0.0108 e. The minimum atomic E-state index is -0.556. The number of hydrogen-bond donors (Lipinski definition) is 1. The maximum absolute atomic E-state index is 9.99. The first-order chi connectivity index (χ1) is 17.7. The molecule has 0 saturated heterocycles. The second-order valence-corrected chi connectivity index (χ2v) is 10.8. The summed E-state index contributed by atoms with van der Waals surface area (Å²) < 4.78 is 0. The summed E-state index contributed by atoms with van der Waals surface area (Å²) in [5.74, 6) is 0.348. The van der Waals surface area contributed by atoms with Crippen molar-refractivity contribution in [3.8, 4) is 0 Å². The van der Waals surface area contributed by atoms with Crippen LogP contribution in [0, 0.1) is 6.07 Å². The molecule has 0 fully saturated rings. The predicted molar refractivity (Wildman–Crippen MR) is 149 cm³/mol. The Labute approximate surface area is 229 Å². The van der Waals surface area contributed by atoms with Crippen molar-refractivity contribution in [3.63, 3.8) is 0 Å². The number of aliphatic hydroxyl groups excluding tert-OH is 1. The molecule has 1 aliphatic rings. The van der Waals surface area contributed by atoms with E-state index in [2.05, 4.69) is 78.9 Å². The minimum Gasteiger partial charge on any atom is -0.143 e. The second-order valence-electron chi connectivity index (χ2n) is 8.26. The zero-order valence-corrected chi connectivity index (χ0v) is 22.6. The molecule has 178 valence electrons. The van der Waals surface area contributed by atoms with E-state index in [0.29, 0.717) is 5.92 Å². The normalized spacial score (nSPS) is 13.3. The van der Waals surface area contributed by atoms with Gasteiger partial charge in [0.1, 0.15) is 6.10 Å². The first-order valence-electron chi connectivity index (χ1n) is 11.6. The van der Waals surface area contributed by atoms with Crippen LogP contribution < -0.4 is 0 Å². The van der Waals surface area contributed by atoms with E-state index in [4.69, 9.17) is 18.6 Å². The second kappa shape index (κ2) is 13.6. The Morgan fingerprint density at radius 2 is 1.22 bits per heavy atom. The van der Waals surface area contributed by atoms with E-state index in [1.807, 2.05) is 60.7 Å². The van der Waals surface area contributed by atoms with Crippen molar-refractivity contribution in [3.05, 3.63) is 161 Å². The van der Waals surface area contributed by atoms with Crippen LogP contribution in [0.1, 0.15) is 39.8 Å². The third-order valence-corrected chi connectivity index (χ3v) is 6.05. The first-order valence-corrected chi connectivity index (χ1v) is 15.9. The molecule has 0 saturated carbocycles. The Morgan fingerprint density at radius 3 is 1.89 bits per heavy atom. The number of benzene rings is 5. The van der Waals surface area contributed by atoms with Gasteiger partial charge in [-0.3, -0.25) is 0 Å². The molecule has 0 radical (unpaired) electrons. The molecule has 4 heteroatoms. The number of aliphatic hydroxyl groups is 1. The summed E-state index contributed by atoms with van der Waals surface area (Å²) in [5, 5.41) is 12.4. The number of rotatable bonds is 3. The van der Waals surface area contributed by atoms with Gasteiger partial charge < -0.3 is 5.11 Å². The maximum Gasteiger partial charge on any atom is 0.0108 e. The van der Waals surface area contributed by atoms with Gasteiger partial charge in [0.2, 0.25) is 0 Å². The Balaban J connectivity index is 0.000000159. The van der Waals surface area contributed by atoms with Gasteiger partial charge in [0.25, 0.3) is 0 Å². The van der Waals surface area contributed by atoms with Crippen LogP contribution in [0.3, 0.4) is 0 Å². The van der Waals surface area contributed by atoms with Gasteiger partial charge >= 0.3 is 35.6 Å². The van der Waals surface area contributed by atoms with Crippen molar-refractivity contribution >= 4 is 35.5 Å². The summed E-state index contributed by atoms with van der Waals surface area (Å²) in [7, 11) is 9.78. The van der Waals surface area contributed by atoms with Gasteiger partial charge in [0.15, 0.2) is 0 Å². The summed E-state index contributed by atoms with van der Waals surface area (Å²) in [6.07, 6.45) is 3.96. The molecule has 0 spiro atoms. The molecule has 0 amide bonds. The Kier molecular flexibility index (Phi) is 9.98. The third kappa shape index (κ3) is 6.76. The van der Waals surface area contributed by atoms with E-state index >= 15 is 0 Å². The SMILES string of the molecule is OC(c1ccccc1)c1ccccc1.[Cl][Ti][Cl].[c-]1c(C2C=Cc3ccccc32)ccc2ccccc12. The van der Waals surface area contributed by atoms with Gasteiger partial charge in [-0.25, -0.2) is 0 Å². The fourth-order valence-corrected chi connectivity index (χ4v) is 4.30. The average Bonchev–Trinajstić information content (AvgIpc) is 3.38. The number of halogens is 2. The molecule has 1 N–H and O–H groups in total. The van der Waals surface area contributed by atoms with Crippen molar-refractivity contribution in [2.24, 2.45) is 0 Å². The van der Waals surface area contributed by atoms with Crippen LogP contribution in [0.5, 0.6) is 0 Å². The topological polar surface area (TPSA) is 20.2 Å². The molecule has 1 nitrogen and oxygen atoms in total. The van der Waals surface area contributed by atoms with Crippen molar-refractivity contribution < 1.29 is 22.1 Å². The molecule has 5 aromatic rings. The zero-order valence-electron chi connectivity index (χ0n) is 19.6. The molecule has 0 aliphatic heterocycles. The van der Waals surface area contributed by atoms with E-state index < -0.39 is 23.1 Å². The van der Waals surface area contributed by atoms with Crippen LogP contribution in [0.15, 0.2) is 127 Å². The molecule has 0 bridgehead atoms. The Bertz CT molecular complexity index is 1360. The van der Waals surface area contributed by atoms with Crippen LogP contribution in [0.2, 0.25) is 0 Å². The molecule has 1 aliphatic carbocycles. The first kappa shape index (κ1) is 26.4. The van der Waals surface area contributed by atoms with Gasteiger partial charge in [-0.1, -0.05) is 109 Å². The van der Waals surface area contributed by atoms with Gasteiger partial charge in [0, 0.05) is 5.92 Å². The van der Waals surface area contributed by atoms with Gasteiger partial charge in [-0.15, -0.1) is 46.7 Å². The van der Waals surface area contributed by atoms with Crippen molar-refractivity contribution in [2.45, 2.75) is 12.0 Å². The molecule has 0 aromatic heterocycles. The van der Waals surface area contributed by atoms with Crippen LogP contribution in [-0.2, 0) is 17.0 Å². The number of allylic oxidation sites excluding steroid dienone is 1. The van der Waals surface area contributed by atoms with Crippen LogP contribution in [0.4, 0.5) is 0 Å². The van der Waals surface area contributed by atoms with Crippen molar-refractivity contribution in [1.82, 2.24) is 0 Å². The minimum absolute atomic E-state index is 0.348. The monoisotopic (exact) mass is 543 g/mol. The largest absolute Gasteiger partial charge is 0.143 e. The molecule has 6 rings (SSSR count). The molecule has 1 atom stereocenters. The molecular formula is C32H25Cl2OTi-. The standard InChI is InChI=1S/C19H13.C13H12O.2ClH.Ti/c1-2-7-16-13-17(10-9-14(16)5-1)19-12-11-15-6-3-4-8-18(15)19;14-13(11-7-3-1-4-8-11)12-9-5-2-6-10-12;;;/h1-12,19H;1-10,13-14H;2*1H;/q-1;;;;+2/p-2. The van der Waals surface area contributed by atoms with Gasteiger partial charge in [0.05, 0.1) is 0 Å². The number of hydrogen-bond acceptors (Lipinski definition) is 1. The summed E-state index contributed by atoms with van der Waals surface area (Å²) in [6.45, 7) is 0. The van der Waals surface area contributed by atoms with E-state index in [9.17, 15) is 5.11 Å². The molecule has 1 unspecified atom stereocenters. The van der Waals surface area contributed by atoms with Gasteiger partial charge in [-0.2, -0.15) is 0 Å². The van der Waals surface area contributed by atoms with Crippen LogP contribution in [0.25, 0.3) is 16.8 Å². The van der Waals surface area contributed by atoms with E-state index in [1.165, 1.54) is 27.5 Å². The molecular weight excluding hydrogens is 519 g/mol. The maximum atomic E-state index is 9.99. The quantitative estimate of drug-likeness (QED) is 0.178. The summed E-state index contributed by atoms with van der Waals surface area (Å²) in [5.41, 5.74) is 5.82. The fourth-order valence-electron chi connectivity index (χ4n) is 4.30. The van der Waals surface area contributed by atoms with E-state index in [0.717, 1.165) is 11.1 Å². The van der Waals surface area contributed by atoms with Crippen molar-refractivity contribution in [2.75, 3.05) is 0 Å². The van der Waals surface area contributed by atoms with Crippen LogP contribution in [-0.4, -0.2) is 5.11 Å². The number of fused-ring (bicyclic) bond motifs is 2. The predicted octanol–water partition coefficient (Wildman–Crippen LogP) is 8.94. The van der Waals surface area contributed by atoms with Crippen molar-refractivity contribution in [1.29, 1.82) is 0 Å². The van der Waals surface area contributed by atoms with E-state index in [1.54, 1.807) is 0 Å². The Morgan fingerprint density at radius 1 is 0.667 bits per heavy atom. The summed E-state index contributed by atoms with van der Waals surface area (Å²) in [6, 6.07) is 44.3. The molecule has 36 heavy (non-hydrogen) atoms. The molecule has 5 aromatic carbocycles. The average molecular weight is 544 g/mol. The third-order valence-electron chi connectivity index (χ3n) is 6.05.